The minimum absolute atomic E-state index is 0. The molecule has 0 saturated carbocycles. The molecule has 0 spiro atoms. The molecule has 0 bridgehead atoms. The molecule has 0 fully saturated rings. The first-order chi connectivity index (χ1) is 5.54. The van der Waals surface area contributed by atoms with Gasteiger partial charge in [-0.25, -0.2) is 0 Å². The van der Waals surface area contributed by atoms with Crippen molar-refractivity contribution in [2.75, 3.05) is 0 Å². The van der Waals surface area contributed by atoms with Gasteiger partial charge in [-0.1, -0.05) is 23.2 Å². The van der Waals surface area contributed by atoms with Crippen molar-refractivity contribution in [3.8, 4) is 0 Å². The molecule has 0 heterocycles. The smallest absolute Gasteiger partial charge is 0.768 e. The van der Waals surface area contributed by atoms with E-state index in [0.717, 1.165) is 0 Å². The van der Waals surface area contributed by atoms with Crippen molar-refractivity contribution >= 4 is 50.2 Å². The van der Waals surface area contributed by atoms with Crippen molar-refractivity contribution in [1.82, 2.24) is 0 Å². The molecule has 0 N–H and O–H groups in total. The maximum atomic E-state index is 10.5. The molecule has 1 aromatic rings. The maximum Gasteiger partial charge on any atom is 1.00 e. The summed E-state index contributed by atoms with van der Waals surface area (Å²) in [5, 5.41) is 0.248. The average Bonchev–Trinajstić information content (AvgIpc) is 2.00. The third-order valence-corrected chi connectivity index (χ3v) is 3.76. The van der Waals surface area contributed by atoms with E-state index in [-0.39, 0.29) is 44.5 Å². The van der Waals surface area contributed by atoms with Gasteiger partial charge < -0.3 is 4.55 Å². The summed E-state index contributed by atoms with van der Waals surface area (Å²) in [6.45, 7) is 0. The SMILES string of the molecule is O=S([O-])c1ccc(Br)c(Cl)c1Cl.[Na+]. The molecule has 0 radical (unpaired) electrons. The van der Waals surface area contributed by atoms with Gasteiger partial charge in [0, 0.05) is 9.37 Å². The molecule has 0 aliphatic carbocycles. The Morgan fingerprint density at radius 2 is 1.85 bits per heavy atom. The fraction of sp³-hybridized carbons (Fsp3) is 0. The molecule has 0 aliphatic heterocycles. The van der Waals surface area contributed by atoms with Gasteiger partial charge >= 0.3 is 29.6 Å². The van der Waals surface area contributed by atoms with Crippen LogP contribution in [0.3, 0.4) is 0 Å². The van der Waals surface area contributed by atoms with E-state index in [1.165, 1.54) is 12.1 Å². The Labute approximate surface area is 119 Å². The Kier molecular flexibility index (Phi) is 6.73. The van der Waals surface area contributed by atoms with E-state index in [4.69, 9.17) is 23.2 Å². The maximum absolute atomic E-state index is 10.5. The van der Waals surface area contributed by atoms with Crippen LogP contribution in [-0.2, 0) is 11.1 Å². The summed E-state index contributed by atoms with van der Waals surface area (Å²) < 4.78 is 21.6. The van der Waals surface area contributed by atoms with E-state index in [1.54, 1.807) is 0 Å². The van der Waals surface area contributed by atoms with Gasteiger partial charge in [-0.2, -0.15) is 0 Å². The Bertz CT molecular complexity index is 348. The minimum atomic E-state index is -2.35. The van der Waals surface area contributed by atoms with Gasteiger partial charge in [0.05, 0.1) is 10.0 Å². The number of hydrogen-bond acceptors (Lipinski definition) is 2. The predicted molar refractivity (Wildman–Crippen MR) is 51.3 cm³/mol. The van der Waals surface area contributed by atoms with Crippen molar-refractivity contribution in [2.45, 2.75) is 4.90 Å². The van der Waals surface area contributed by atoms with Crippen molar-refractivity contribution in [3.63, 3.8) is 0 Å². The summed E-state index contributed by atoms with van der Waals surface area (Å²) in [4.78, 5) is 0.00451. The summed E-state index contributed by atoms with van der Waals surface area (Å²) in [5.41, 5.74) is 0. The van der Waals surface area contributed by atoms with E-state index >= 15 is 0 Å². The topological polar surface area (TPSA) is 40.1 Å². The van der Waals surface area contributed by atoms with Gasteiger partial charge in [-0.15, -0.1) is 0 Å². The Morgan fingerprint density at radius 1 is 1.31 bits per heavy atom. The van der Waals surface area contributed by atoms with Crippen LogP contribution in [0.4, 0.5) is 0 Å². The number of benzene rings is 1. The molecular weight excluding hydrogens is 310 g/mol. The monoisotopic (exact) mass is 310 g/mol. The van der Waals surface area contributed by atoms with Crippen LogP contribution in [-0.4, -0.2) is 8.76 Å². The van der Waals surface area contributed by atoms with Gasteiger partial charge in [0.25, 0.3) is 0 Å². The Balaban J connectivity index is 0.00000144. The standard InChI is InChI=1S/C6H3BrCl2O2S.Na/c7-3-1-2-4(12(10)11)6(9)5(3)8;/h1-2H,(H,10,11);/q;+1/p-1. The van der Waals surface area contributed by atoms with Crippen LogP contribution in [0.5, 0.6) is 0 Å². The minimum Gasteiger partial charge on any atom is -0.768 e. The normalized spacial score (nSPS) is 12.0. The number of hydrogen-bond donors (Lipinski definition) is 0. The summed E-state index contributed by atoms with van der Waals surface area (Å²) in [6, 6.07) is 2.90. The van der Waals surface area contributed by atoms with Crippen LogP contribution in [0.2, 0.25) is 10.0 Å². The van der Waals surface area contributed by atoms with Crippen LogP contribution in [0, 0.1) is 0 Å². The van der Waals surface area contributed by atoms with E-state index in [1.807, 2.05) is 0 Å². The number of halogens is 3. The second kappa shape index (κ2) is 6.08. The van der Waals surface area contributed by atoms with E-state index < -0.39 is 11.1 Å². The molecule has 1 unspecified atom stereocenters. The second-order valence-electron chi connectivity index (χ2n) is 1.91. The van der Waals surface area contributed by atoms with E-state index in [9.17, 15) is 8.76 Å². The van der Waals surface area contributed by atoms with Crippen molar-refractivity contribution in [3.05, 3.63) is 26.7 Å². The van der Waals surface area contributed by atoms with Gasteiger partial charge in [-0.05, 0) is 39.1 Å². The molecule has 2 nitrogen and oxygen atoms in total. The molecule has 0 saturated heterocycles. The number of rotatable bonds is 1. The van der Waals surface area contributed by atoms with Crippen LogP contribution in [0.1, 0.15) is 0 Å². The van der Waals surface area contributed by atoms with Crippen molar-refractivity contribution in [2.24, 2.45) is 0 Å². The van der Waals surface area contributed by atoms with E-state index in [0.29, 0.717) is 4.47 Å². The molecule has 0 aromatic heterocycles. The van der Waals surface area contributed by atoms with Crippen LogP contribution in [0.15, 0.2) is 21.5 Å². The Hall–Kier alpha value is 1.39. The molecule has 13 heavy (non-hydrogen) atoms. The van der Waals surface area contributed by atoms with Gasteiger partial charge in [0.2, 0.25) is 0 Å². The molecule has 1 atom stereocenters. The molecular formula is C6H2BrCl2NaO2S. The van der Waals surface area contributed by atoms with Crippen LogP contribution < -0.4 is 29.6 Å². The van der Waals surface area contributed by atoms with Crippen molar-refractivity contribution in [1.29, 1.82) is 0 Å². The molecule has 0 aliphatic rings. The summed E-state index contributed by atoms with van der Waals surface area (Å²) in [6.07, 6.45) is 0. The third-order valence-electron chi connectivity index (χ3n) is 1.18. The second-order valence-corrected chi connectivity index (χ2v) is 4.43. The van der Waals surface area contributed by atoms with Crippen LogP contribution in [0.25, 0.3) is 0 Å². The fourth-order valence-electron chi connectivity index (χ4n) is 0.637. The largest absolute Gasteiger partial charge is 1.00 e. The van der Waals surface area contributed by atoms with Gasteiger partial charge in [0.1, 0.15) is 0 Å². The van der Waals surface area contributed by atoms with Gasteiger partial charge in [0.15, 0.2) is 0 Å². The summed E-state index contributed by atoms with van der Waals surface area (Å²) in [5.74, 6) is 0. The molecule has 1 aromatic carbocycles. The molecule has 7 heteroatoms. The zero-order valence-corrected chi connectivity index (χ0v) is 12.4. The van der Waals surface area contributed by atoms with Crippen LogP contribution >= 0.6 is 39.1 Å². The molecule has 0 amide bonds. The average molecular weight is 312 g/mol. The predicted octanol–water partition coefficient (Wildman–Crippen LogP) is -0.00210. The fourth-order valence-corrected chi connectivity index (χ4v) is 2.08. The summed E-state index contributed by atoms with van der Waals surface area (Å²) >= 11 is 12.1. The first-order valence-electron chi connectivity index (χ1n) is 2.77. The quantitative estimate of drug-likeness (QED) is 0.416. The Morgan fingerprint density at radius 3 is 2.31 bits per heavy atom. The van der Waals surface area contributed by atoms with E-state index in [2.05, 4.69) is 15.9 Å². The zero-order valence-electron chi connectivity index (χ0n) is 6.51. The first-order valence-corrected chi connectivity index (χ1v) is 5.39. The summed E-state index contributed by atoms with van der Waals surface area (Å²) in [7, 11) is 0. The van der Waals surface area contributed by atoms with Gasteiger partial charge in [-0.3, -0.25) is 4.21 Å². The zero-order chi connectivity index (χ0) is 9.30. The third kappa shape index (κ3) is 3.47. The first kappa shape index (κ1) is 14.4. The molecule has 66 valence electrons. The molecule has 1 rings (SSSR count). The van der Waals surface area contributed by atoms with Crippen molar-refractivity contribution < 1.29 is 38.3 Å².